The maximum absolute atomic E-state index is 14.4. The normalized spacial score (nSPS) is 13.8. The van der Waals surface area contributed by atoms with Crippen LogP contribution in [0.4, 0.5) is 0 Å². The number of rotatable bonds is 28. The molecule has 6 unspecified atom stereocenters. The number of carbonyl (C=O) groups excluding carboxylic acids is 7. The maximum atomic E-state index is 14.4. The monoisotopic (exact) mass is 1030 g/mol. The highest BCUT2D eigenvalue weighted by Crippen LogP contribution is 2.20. The van der Waals surface area contributed by atoms with Crippen molar-refractivity contribution in [2.45, 2.75) is 81.7 Å². The van der Waals surface area contributed by atoms with Gasteiger partial charge in [-0.3, -0.25) is 42.9 Å². The van der Waals surface area contributed by atoms with E-state index >= 15 is 0 Å². The number of aromatic nitrogens is 1. The minimum Gasteiger partial charge on any atom is -0.481 e. The lowest BCUT2D eigenvalue weighted by Gasteiger charge is -2.30. The Morgan fingerprint density at radius 2 is 1.27 bits per heavy atom. The summed E-state index contributed by atoms with van der Waals surface area (Å²) in [6, 6.07) is 13.2. The van der Waals surface area contributed by atoms with Gasteiger partial charge in [-0.2, -0.15) is 31.9 Å². The quantitative estimate of drug-likeness (QED) is 0.0360. The zero-order valence-electron chi connectivity index (χ0n) is 38.8. The summed E-state index contributed by atoms with van der Waals surface area (Å²) in [4.78, 5) is 112. The number of carbonyl (C=O) groups is 8. The molecule has 6 atom stereocenters. The molecule has 21 nitrogen and oxygen atoms in total. The third kappa shape index (κ3) is 17.7. The molecule has 0 aliphatic heterocycles. The SMILES string of the molecule is CSCCC(NC(=O)Cc1ccc(OS(=O)(=O)O)cc1)C(=O)NC(C)C(=O)NC(Cc1c[nH]c2ccccc12)C(=O)NC(CCSC)C(=O)NC(CC(=O)O)C(=O)N(C)C(Cc1ccccc1)C(N)=O. The molecule has 1 heterocycles. The van der Waals surface area contributed by atoms with E-state index in [1.807, 2.05) is 18.2 Å². The zero-order valence-corrected chi connectivity index (χ0v) is 41.3. The predicted molar refractivity (Wildman–Crippen MR) is 264 cm³/mol. The number of nitrogens with two attached hydrogens (primary N) is 1. The molecule has 4 aromatic rings. The predicted octanol–water partition coefficient (Wildman–Crippen LogP) is 1.11. The van der Waals surface area contributed by atoms with Gasteiger partial charge in [0, 0.05) is 37.0 Å². The van der Waals surface area contributed by atoms with Crippen molar-refractivity contribution >= 4 is 92.1 Å². The number of aromatic amines is 1. The minimum absolute atomic E-state index is 0.0115. The van der Waals surface area contributed by atoms with Gasteiger partial charge in [0.2, 0.25) is 41.4 Å². The highest BCUT2D eigenvalue weighted by Gasteiger charge is 2.36. The number of likely N-dealkylation sites (N-methyl/N-ethyl adjacent to an activating group) is 1. The van der Waals surface area contributed by atoms with Gasteiger partial charge in [0.1, 0.15) is 42.0 Å². The van der Waals surface area contributed by atoms with Crippen LogP contribution in [0.2, 0.25) is 0 Å². The number of amides is 7. The number of fused-ring (bicyclic) bond motifs is 1. The van der Waals surface area contributed by atoms with Crippen LogP contribution in [0.25, 0.3) is 10.9 Å². The average molecular weight is 1030 g/mol. The van der Waals surface area contributed by atoms with E-state index in [0.717, 1.165) is 15.8 Å². The second kappa shape index (κ2) is 26.9. The summed E-state index contributed by atoms with van der Waals surface area (Å²) >= 11 is 2.76. The largest absolute Gasteiger partial charge is 0.481 e. The van der Waals surface area contributed by atoms with Crippen LogP contribution < -0.4 is 36.5 Å². The van der Waals surface area contributed by atoms with Crippen molar-refractivity contribution in [3.8, 4) is 5.75 Å². The summed E-state index contributed by atoms with van der Waals surface area (Å²) in [5, 5.41) is 23.6. The molecule has 0 aliphatic rings. The van der Waals surface area contributed by atoms with Gasteiger partial charge in [0.25, 0.3) is 0 Å². The van der Waals surface area contributed by atoms with Crippen LogP contribution in [-0.2, 0) is 68.0 Å². The molecule has 4 rings (SSSR count). The number of nitrogens with zero attached hydrogens (tertiary/aromatic N) is 1. The van der Waals surface area contributed by atoms with E-state index < -0.39 is 100 Å². The fourth-order valence-corrected chi connectivity index (χ4v) is 8.51. The Kier molecular flexibility index (Phi) is 21.5. The lowest BCUT2D eigenvalue weighted by Crippen LogP contribution is -2.60. The van der Waals surface area contributed by atoms with Gasteiger partial charge in [0.05, 0.1) is 12.8 Å². The van der Waals surface area contributed by atoms with Crippen molar-refractivity contribution in [2.75, 3.05) is 31.1 Å². The van der Waals surface area contributed by atoms with Gasteiger partial charge < -0.3 is 51.5 Å². The minimum atomic E-state index is -4.76. The van der Waals surface area contributed by atoms with Crippen molar-refractivity contribution in [3.63, 3.8) is 0 Å². The van der Waals surface area contributed by atoms with Crippen molar-refractivity contribution < 1.29 is 60.6 Å². The number of hydrogen-bond donors (Lipinski definition) is 9. The number of aliphatic carboxylic acids is 1. The van der Waals surface area contributed by atoms with Gasteiger partial charge in [0.15, 0.2) is 0 Å². The van der Waals surface area contributed by atoms with Crippen LogP contribution in [-0.4, -0.2) is 143 Å². The fourth-order valence-electron chi connectivity index (χ4n) is 7.21. The molecule has 0 saturated carbocycles. The van der Waals surface area contributed by atoms with Crippen LogP contribution in [0.1, 0.15) is 42.9 Å². The molecular weight excluding hydrogens is 969 g/mol. The van der Waals surface area contributed by atoms with E-state index in [1.54, 1.807) is 55.1 Å². The molecular formula is C46H58N8O13S3. The summed E-state index contributed by atoms with van der Waals surface area (Å²) in [7, 11) is -3.48. The first-order valence-electron chi connectivity index (χ1n) is 21.8. The number of para-hydroxylation sites is 1. The number of primary amides is 1. The van der Waals surface area contributed by atoms with Crippen molar-refractivity contribution in [1.29, 1.82) is 0 Å². The highest BCUT2D eigenvalue weighted by molar-refractivity contribution is 7.98. The summed E-state index contributed by atoms with van der Waals surface area (Å²) < 4.78 is 35.4. The molecule has 0 aliphatic carbocycles. The van der Waals surface area contributed by atoms with Crippen LogP contribution >= 0.6 is 23.5 Å². The third-order valence-electron chi connectivity index (χ3n) is 10.9. The smallest absolute Gasteiger partial charge is 0.446 e. The number of nitrogens with one attached hydrogen (secondary N) is 6. The molecule has 0 saturated heterocycles. The first kappa shape index (κ1) is 56.0. The van der Waals surface area contributed by atoms with Crippen molar-refractivity contribution in [1.82, 2.24) is 36.5 Å². The van der Waals surface area contributed by atoms with Gasteiger partial charge in [-0.1, -0.05) is 60.7 Å². The summed E-state index contributed by atoms with van der Waals surface area (Å²) in [5.41, 5.74) is 8.14. The molecule has 0 spiro atoms. The number of H-pyrrole nitrogens is 1. The van der Waals surface area contributed by atoms with Crippen LogP contribution in [0.3, 0.4) is 0 Å². The Morgan fingerprint density at radius 1 is 0.714 bits per heavy atom. The average Bonchev–Trinajstić information content (AvgIpc) is 3.72. The Balaban J connectivity index is 1.53. The highest BCUT2D eigenvalue weighted by atomic mass is 32.3. The first-order valence-corrected chi connectivity index (χ1v) is 26.0. The number of carboxylic acid groups (broad SMARTS) is 1. The van der Waals surface area contributed by atoms with Crippen LogP contribution in [0, 0.1) is 0 Å². The fraction of sp³-hybridized carbons (Fsp3) is 0.391. The molecule has 0 bridgehead atoms. The number of benzene rings is 3. The molecule has 0 fully saturated rings. The van der Waals surface area contributed by atoms with E-state index in [-0.39, 0.29) is 37.9 Å². The van der Waals surface area contributed by atoms with Gasteiger partial charge >= 0.3 is 16.4 Å². The van der Waals surface area contributed by atoms with E-state index in [1.165, 1.54) is 61.8 Å². The number of hydrogen-bond acceptors (Lipinski definition) is 13. The Labute approximate surface area is 413 Å². The van der Waals surface area contributed by atoms with Crippen molar-refractivity contribution in [2.24, 2.45) is 5.73 Å². The van der Waals surface area contributed by atoms with E-state index in [0.29, 0.717) is 28.2 Å². The lowest BCUT2D eigenvalue weighted by atomic mass is 10.0. The second-order valence-corrected chi connectivity index (χ2v) is 19.1. The van der Waals surface area contributed by atoms with Crippen molar-refractivity contribution in [3.05, 3.63) is 102 Å². The van der Waals surface area contributed by atoms with Crippen LogP contribution in [0.15, 0.2) is 85.1 Å². The molecule has 10 N–H and O–H groups in total. The Hall–Kier alpha value is -6.63. The Bertz CT molecular complexity index is 2580. The summed E-state index contributed by atoms with van der Waals surface area (Å²) in [6.45, 7) is 1.38. The summed E-state index contributed by atoms with van der Waals surface area (Å²) in [5.74, 6) is -6.42. The summed E-state index contributed by atoms with van der Waals surface area (Å²) in [6.07, 6.45) is 4.24. The zero-order chi connectivity index (χ0) is 51.5. The molecule has 1 aromatic heterocycles. The van der Waals surface area contributed by atoms with Gasteiger partial charge in [-0.05, 0) is 78.7 Å². The molecule has 3 aromatic carbocycles. The molecule has 7 amide bonds. The molecule has 0 radical (unpaired) electrons. The second-order valence-electron chi connectivity index (χ2n) is 16.1. The van der Waals surface area contributed by atoms with Crippen LogP contribution in [0.5, 0.6) is 5.75 Å². The van der Waals surface area contributed by atoms with E-state index in [2.05, 4.69) is 35.8 Å². The lowest BCUT2D eigenvalue weighted by molar-refractivity contribution is -0.146. The number of thioether (sulfide) groups is 2. The van der Waals surface area contributed by atoms with Gasteiger partial charge in [-0.15, -0.1) is 0 Å². The number of carboxylic acids is 1. The van der Waals surface area contributed by atoms with E-state index in [9.17, 15) is 51.9 Å². The molecule has 70 heavy (non-hydrogen) atoms. The standard InChI is InChI=1S/C46H58N8O13S3/c1-27(49-43(60)34(18-20-68-3)50-39(55)23-29-14-16-31(17-15-29)67-70(64,65)66)42(59)52-36(24-30-26-48-33-13-9-8-12-32(30)33)45(62)51-35(19-21-69-4)44(61)53-37(25-40(56)57)46(63)54(2)38(41(47)58)22-28-10-6-5-7-11-28/h5-17,26-27,34-38,48H,18-25H2,1-4H3,(H2,47,58)(H,49,60)(H,50,55)(H,51,62)(H,52,59)(H,53,61)(H,56,57)(H,64,65,66). The van der Waals surface area contributed by atoms with Gasteiger partial charge in [-0.25, -0.2) is 0 Å². The first-order chi connectivity index (χ1) is 33.2. The Morgan fingerprint density at radius 3 is 1.87 bits per heavy atom. The molecule has 378 valence electrons. The maximum Gasteiger partial charge on any atom is 0.446 e. The topological polar surface area (TPSA) is 326 Å². The third-order valence-corrected chi connectivity index (χ3v) is 12.6. The van der Waals surface area contributed by atoms with E-state index in [4.69, 9.17) is 10.3 Å². The molecule has 24 heteroatoms.